The summed E-state index contributed by atoms with van der Waals surface area (Å²) in [4.78, 5) is 23.7. The number of hydrogen-bond acceptors (Lipinski definition) is 2. The molecule has 0 aliphatic heterocycles. The van der Waals surface area contributed by atoms with Gasteiger partial charge in [-0.05, 0) is 31.1 Å². The van der Waals surface area contributed by atoms with Crippen LogP contribution in [0, 0.1) is 11.6 Å². The number of carbonyl (C=O) groups is 2. The molecule has 0 radical (unpaired) electrons. The number of halogens is 2. The maximum atomic E-state index is 13.5. The van der Waals surface area contributed by atoms with Crippen LogP contribution >= 0.6 is 0 Å². The summed E-state index contributed by atoms with van der Waals surface area (Å²) in [6, 6.07) is 2.24. The molecule has 0 saturated heterocycles. The van der Waals surface area contributed by atoms with E-state index in [4.69, 9.17) is 0 Å². The number of benzene rings is 1. The summed E-state index contributed by atoms with van der Waals surface area (Å²) in [6.07, 6.45) is 6.67. The first-order valence-electron chi connectivity index (χ1n) is 6.87. The molecule has 2 N–H and O–H groups in total. The Labute approximate surface area is 126 Å². The minimum atomic E-state index is -0.966. The van der Waals surface area contributed by atoms with Crippen molar-refractivity contribution >= 4 is 11.8 Å². The van der Waals surface area contributed by atoms with Crippen LogP contribution in [0.1, 0.15) is 23.7 Å². The monoisotopic (exact) mass is 306 g/mol. The maximum absolute atomic E-state index is 13.5. The third-order valence-electron chi connectivity index (χ3n) is 3.25. The van der Waals surface area contributed by atoms with E-state index in [0.29, 0.717) is 6.54 Å². The van der Waals surface area contributed by atoms with Crippen molar-refractivity contribution in [2.45, 2.75) is 19.4 Å². The third-order valence-corrected chi connectivity index (χ3v) is 3.25. The number of allylic oxidation sites excluding steroid dienone is 2. The Balaban J connectivity index is 1.93. The van der Waals surface area contributed by atoms with Gasteiger partial charge in [-0.1, -0.05) is 24.3 Å². The number of carbonyl (C=O) groups excluding carboxylic acids is 2. The molecule has 116 valence electrons. The predicted octanol–water partition coefficient (Wildman–Crippen LogP) is 2.09. The van der Waals surface area contributed by atoms with Gasteiger partial charge in [-0.15, -0.1) is 0 Å². The molecule has 0 saturated carbocycles. The molecule has 22 heavy (non-hydrogen) atoms. The van der Waals surface area contributed by atoms with Gasteiger partial charge in [-0.25, -0.2) is 8.78 Å². The quantitative estimate of drug-likeness (QED) is 0.875. The van der Waals surface area contributed by atoms with Gasteiger partial charge in [0.2, 0.25) is 5.91 Å². The van der Waals surface area contributed by atoms with E-state index < -0.39 is 35.1 Å². The van der Waals surface area contributed by atoms with Crippen LogP contribution in [-0.2, 0) is 4.79 Å². The highest BCUT2D eigenvalue weighted by Crippen LogP contribution is 2.12. The molecule has 2 rings (SSSR count). The molecule has 1 unspecified atom stereocenters. The van der Waals surface area contributed by atoms with Crippen LogP contribution in [0.15, 0.2) is 42.0 Å². The van der Waals surface area contributed by atoms with Gasteiger partial charge < -0.3 is 10.6 Å². The Morgan fingerprint density at radius 1 is 1.27 bits per heavy atom. The summed E-state index contributed by atoms with van der Waals surface area (Å²) in [5.74, 6) is -3.32. The van der Waals surface area contributed by atoms with Crippen LogP contribution < -0.4 is 10.6 Å². The fraction of sp³-hybridized carbons (Fsp3) is 0.250. The fourth-order valence-corrected chi connectivity index (χ4v) is 2.03. The smallest absolute Gasteiger partial charge is 0.257 e. The molecule has 4 nitrogen and oxygen atoms in total. The van der Waals surface area contributed by atoms with E-state index in [2.05, 4.69) is 10.6 Å². The zero-order chi connectivity index (χ0) is 16.1. The third kappa shape index (κ3) is 3.78. The summed E-state index contributed by atoms with van der Waals surface area (Å²) >= 11 is 0. The number of nitrogens with one attached hydrogen (secondary N) is 2. The van der Waals surface area contributed by atoms with Crippen molar-refractivity contribution in [3.63, 3.8) is 0 Å². The van der Waals surface area contributed by atoms with Gasteiger partial charge in [0.1, 0.15) is 23.2 Å². The van der Waals surface area contributed by atoms with Crippen molar-refractivity contribution in [2.24, 2.45) is 0 Å². The van der Waals surface area contributed by atoms with E-state index in [1.807, 2.05) is 18.2 Å². The first-order valence-corrected chi connectivity index (χ1v) is 6.87. The summed E-state index contributed by atoms with van der Waals surface area (Å²) < 4.78 is 27.0. The Hall–Kier alpha value is -2.50. The summed E-state index contributed by atoms with van der Waals surface area (Å²) in [7, 11) is 0. The largest absolute Gasteiger partial charge is 0.350 e. The number of rotatable bonds is 5. The van der Waals surface area contributed by atoms with E-state index in [0.717, 1.165) is 24.1 Å². The zero-order valence-electron chi connectivity index (χ0n) is 12.0. The lowest BCUT2D eigenvalue weighted by atomic mass is 10.1. The van der Waals surface area contributed by atoms with Crippen molar-refractivity contribution in [3.05, 3.63) is 59.2 Å². The van der Waals surface area contributed by atoms with Gasteiger partial charge in [-0.2, -0.15) is 0 Å². The van der Waals surface area contributed by atoms with Crippen molar-refractivity contribution in [1.29, 1.82) is 0 Å². The molecule has 1 aromatic rings. The normalized spacial score (nSPS) is 14.4. The van der Waals surface area contributed by atoms with Crippen molar-refractivity contribution in [2.75, 3.05) is 6.54 Å². The van der Waals surface area contributed by atoms with Crippen LogP contribution in [0.4, 0.5) is 8.78 Å². The van der Waals surface area contributed by atoms with E-state index in [-0.39, 0.29) is 0 Å². The van der Waals surface area contributed by atoms with E-state index in [1.54, 1.807) is 0 Å². The highest BCUT2D eigenvalue weighted by molar-refractivity contribution is 5.97. The van der Waals surface area contributed by atoms with E-state index >= 15 is 0 Å². The Morgan fingerprint density at radius 3 is 2.55 bits per heavy atom. The molecule has 0 aromatic heterocycles. The molecule has 1 aliphatic rings. The highest BCUT2D eigenvalue weighted by Gasteiger charge is 2.21. The standard InChI is InChI=1S/C16H16F2N2O2/c1-10(15(21)19-9-11-5-2-3-6-11)20-16(22)14-12(17)7-4-8-13(14)18/h2,4-8,10H,3,9H2,1H3,(H,19,21)(H,20,22). The maximum Gasteiger partial charge on any atom is 0.257 e. The molecule has 1 aromatic carbocycles. The SMILES string of the molecule is CC(NC(=O)c1c(F)cccc1F)C(=O)NCC1=CCC=C1. The van der Waals surface area contributed by atoms with Gasteiger partial charge in [0.15, 0.2) is 0 Å². The Bertz CT molecular complexity index is 633. The van der Waals surface area contributed by atoms with Crippen LogP contribution in [0.25, 0.3) is 0 Å². The minimum absolute atomic E-state index is 0.351. The van der Waals surface area contributed by atoms with Gasteiger partial charge in [0.25, 0.3) is 5.91 Å². The highest BCUT2D eigenvalue weighted by atomic mass is 19.1. The molecule has 2 amide bonds. The fourth-order valence-electron chi connectivity index (χ4n) is 2.03. The molecule has 1 atom stereocenters. The minimum Gasteiger partial charge on any atom is -0.350 e. The van der Waals surface area contributed by atoms with Gasteiger partial charge >= 0.3 is 0 Å². The average molecular weight is 306 g/mol. The molecule has 0 spiro atoms. The van der Waals surface area contributed by atoms with Gasteiger partial charge in [0, 0.05) is 6.54 Å². The predicted molar refractivity (Wildman–Crippen MR) is 78.1 cm³/mol. The van der Waals surface area contributed by atoms with Crippen molar-refractivity contribution in [1.82, 2.24) is 10.6 Å². The molecule has 1 aliphatic carbocycles. The number of hydrogen-bond donors (Lipinski definition) is 2. The van der Waals surface area contributed by atoms with Crippen molar-refractivity contribution in [3.8, 4) is 0 Å². The second-order valence-corrected chi connectivity index (χ2v) is 4.93. The summed E-state index contributed by atoms with van der Waals surface area (Å²) in [5, 5.41) is 4.93. The molecule has 0 fully saturated rings. The second-order valence-electron chi connectivity index (χ2n) is 4.93. The van der Waals surface area contributed by atoms with E-state index in [1.165, 1.54) is 13.0 Å². The lowest BCUT2D eigenvalue weighted by Gasteiger charge is -2.14. The topological polar surface area (TPSA) is 58.2 Å². The van der Waals surface area contributed by atoms with Crippen LogP contribution in [0.5, 0.6) is 0 Å². The average Bonchev–Trinajstić information content (AvgIpc) is 2.97. The first kappa shape index (κ1) is 15.9. The molecular weight excluding hydrogens is 290 g/mol. The van der Waals surface area contributed by atoms with Crippen molar-refractivity contribution < 1.29 is 18.4 Å². The second kappa shape index (κ2) is 6.98. The van der Waals surface area contributed by atoms with Gasteiger partial charge in [-0.3, -0.25) is 9.59 Å². The zero-order valence-corrected chi connectivity index (χ0v) is 12.0. The van der Waals surface area contributed by atoms with Crippen LogP contribution in [0.2, 0.25) is 0 Å². The number of amides is 2. The summed E-state index contributed by atoms with van der Waals surface area (Å²) in [5.41, 5.74) is 0.288. The Morgan fingerprint density at radius 2 is 1.95 bits per heavy atom. The molecule has 6 heteroatoms. The Kier molecular flexibility index (Phi) is 5.04. The first-order chi connectivity index (χ1) is 10.5. The lowest BCUT2D eigenvalue weighted by Crippen LogP contribution is -2.45. The van der Waals surface area contributed by atoms with Crippen LogP contribution in [-0.4, -0.2) is 24.4 Å². The summed E-state index contributed by atoms with van der Waals surface area (Å²) in [6.45, 7) is 1.80. The molecule has 0 heterocycles. The van der Waals surface area contributed by atoms with Crippen LogP contribution in [0.3, 0.4) is 0 Å². The molecule has 0 bridgehead atoms. The van der Waals surface area contributed by atoms with E-state index in [9.17, 15) is 18.4 Å². The molecular formula is C16H16F2N2O2. The van der Waals surface area contributed by atoms with Gasteiger partial charge in [0.05, 0.1) is 0 Å². The lowest BCUT2D eigenvalue weighted by molar-refractivity contribution is -0.122.